The summed E-state index contributed by atoms with van der Waals surface area (Å²) in [6.45, 7) is 0.232. The number of carbonyl (C=O) groups is 1. The summed E-state index contributed by atoms with van der Waals surface area (Å²) in [6, 6.07) is 25.1. The van der Waals surface area contributed by atoms with Crippen molar-refractivity contribution in [2.45, 2.75) is 19.3 Å². The topological polar surface area (TPSA) is 79.4 Å². The highest BCUT2D eigenvalue weighted by atomic mass is 32.2. The molecule has 0 spiro atoms. The van der Waals surface area contributed by atoms with Gasteiger partial charge in [0.25, 0.3) is 0 Å². The van der Waals surface area contributed by atoms with E-state index in [0.29, 0.717) is 12.1 Å². The molecule has 0 aliphatic carbocycles. The summed E-state index contributed by atoms with van der Waals surface area (Å²) >= 11 is 0. The number of anilines is 2. The van der Waals surface area contributed by atoms with E-state index in [1.54, 1.807) is 18.5 Å². The number of carbonyl (C=O) groups excluding carboxylic acids is 1. The van der Waals surface area contributed by atoms with E-state index >= 15 is 0 Å². The highest BCUT2D eigenvalue weighted by Crippen LogP contribution is 2.24. The van der Waals surface area contributed by atoms with Crippen LogP contribution in [0.1, 0.15) is 24.0 Å². The molecule has 0 aliphatic heterocycles. The molecule has 4 aromatic rings. The zero-order valence-electron chi connectivity index (χ0n) is 19.0. The van der Waals surface area contributed by atoms with Crippen LogP contribution in [0.3, 0.4) is 0 Å². The van der Waals surface area contributed by atoms with Crippen molar-refractivity contribution in [1.29, 1.82) is 0 Å². The molecule has 0 radical (unpaired) electrons. The number of hydrogen-bond acceptors (Lipinski definition) is 4. The standard InChI is InChI=1S/C27H27N3O3S/c1-34(32,33)30(26-13-10-23-5-2-3-6-24(23)20-26)18-4-7-27(31)29-25-11-8-21(9-12-25)19-22-14-16-28-17-15-22/h2-3,5-6,8-17,20H,4,7,18-19H2,1H3,(H,29,31). The lowest BCUT2D eigenvalue weighted by molar-refractivity contribution is -0.116. The maximum Gasteiger partial charge on any atom is 0.232 e. The lowest BCUT2D eigenvalue weighted by atomic mass is 10.1. The van der Waals surface area contributed by atoms with Crippen molar-refractivity contribution in [2.24, 2.45) is 0 Å². The van der Waals surface area contributed by atoms with Gasteiger partial charge < -0.3 is 5.32 Å². The molecule has 0 atom stereocenters. The van der Waals surface area contributed by atoms with Crippen LogP contribution >= 0.6 is 0 Å². The van der Waals surface area contributed by atoms with Crippen LogP contribution in [-0.4, -0.2) is 32.1 Å². The minimum absolute atomic E-state index is 0.145. The maximum absolute atomic E-state index is 12.4. The first-order valence-electron chi connectivity index (χ1n) is 11.1. The van der Waals surface area contributed by atoms with Crippen LogP contribution in [0.25, 0.3) is 10.8 Å². The predicted octanol–water partition coefficient (Wildman–Crippen LogP) is 5.01. The number of hydrogen-bond donors (Lipinski definition) is 1. The molecular weight excluding hydrogens is 446 g/mol. The Morgan fingerprint density at radius 1 is 0.882 bits per heavy atom. The van der Waals surface area contributed by atoms with Gasteiger partial charge in [-0.05, 0) is 71.1 Å². The van der Waals surface area contributed by atoms with Crippen LogP contribution in [0, 0.1) is 0 Å². The van der Waals surface area contributed by atoms with Crippen LogP contribution in [-0.2, 0) is 21.2 Å². The monoisotopic (exact) mass is 473 g/mol. The van der Waals surface area contributed by atoms with Gasteiger partial charge in [-0.25, -0.2) is 8.42 Å². The van der Waals surface area contributed by atoms with Gasteiger partial charge in [0.1, 0.15) is 0 Å². The highest BCUT2D eigenvalue weighted by Gasteiger charge is 2.18. The first-order valence-corrected chi connectivity index (χ1v) is 13.0. The number of aromatic nitrogens is 1. The largest absolute Gasteiger partial charge is 0.326 e. The highest BCUT2D eigenvalue weighted by molar-refractivity contribution is 7.92. The molecule has 0 fully saturated rings. The number of sulfonamides is 1. The summed E-state index contributed by atoms with van der Waals surface area (Å²) in [7, 11) is -3.48. The molecule has 0 saturated heterocycles. The molecule has 34 heavy (non-hydrogen) atoms. The lowest BCUT2D eigenvalue weighted by Gasteiger charge is -2.22. The van der Waals surface area contributed by atoms with E-state index in [0.717, 1.165) is 28.4 Å². The van der Waals surface area contributed by atoms with Crippen LogP contribution in [0.2, 0.25) is 0 Å². The predicted molar refractivity (Wildman–Crippen MR) is 137 cm³/mol. The molecule has 0 aliphatic rings. The summed E-state index contributed by atoms with van der Waals surface area (Å²) in [5, 5.41) is 4.91. The third-order valence-corrected chi connectivity index (χ3v) is 6.78. The molecule has 4 rings (SSSR count). The van der Waals surface area contributed by atoms with E-state index in [9.17, 15) is 13.2 Å². The van der Waals surface area contributed by atoms with E-state index in [1.165, 1.54) is 16.1 Å². The van der Waals surface area contributed by atoms with E-state index in [-0.39, 0.29) is 18.9 Å². The zero-order chi connectivity index (χ0) is 24.0. The zero-order valence-corrected chi connectivity index (χ0v) is 19.8. The number of nitrogens with zero attached hydrogens (tertiary/aromatic N) is 2. The van der Waals surface area contributed by atoms with E-state index < -0.39 is 10.0 Å². The molecule has 0 bridgehead atoms. The number of amides is 1. The third-order valence-electron chi connectivity index (χ3n) is 5.58. The molecule has 7 heteroatoms. The van der Waals surface area contributed by atoms with Crippen molar-refractivity contribution >= 4 is 38.1 Å². The van der Waals surface area contributed by atoms with E-state index in [4.69, 9.17) is 0 Å². The number of rotatable bonds is 9. The molecular formula is C27H27N3O3S. The fourth-order valence-corrected chi connectivity index (χ4v) is 4.82. The average Bonchev–Trinajstić information content (AvgIpc) is 2.83. The Morgan fingerprint density at radius 2 is 1.56 bits per heavy atom. The fraction of sp³-hybridized carbons (Fsp3) is 0.185. The maximum atomic E-state index is 12.4. The molecule has 174 valence electrons. The first kappa shape index (κ1) is 23.4. The van der Waals surface area contributed by atoms with E-state index in [1.807, 2.05) is 72.8 Å². The molecule has 1 aromatic heterocycles. The van der Waals surface area contributed by atoms with Crippen molar-refractivity contribution in [3.05, 3.63) is 102 Å². The normalized spacial score (nSPS) is 11.3. The van der Waals surface area contributed by atoms with E-state index in [2.05, 4.69) is 10.3 Å². The van der Waals surface area contributed by atoms with Gasteiger partial charge in [0.15, 0.2) is 0 Å². The summed E-state index contributed by atoms with van der Waals surface area (Å²) < 4.78 is 26.2. The van der Waals surface area contributed by atoms with Gasteiger partial charge in [-0.15, -0.1) is 0 Å². The number of pyridine rings is 1. The number of fused-ring (bicyclic) bond motifs is 1. The van der Waals surface area contributed by atoms with Crippen LogP contribution in [0.5, 0.6) is 0 Å². The van der Waals surface area contributed by atoms with Crippen molar-refractivity contribution in [3.63, 3.8) is 0 Å². The van der Waals surface area contributed by atoms with Crippen LogP contribution in [0.4, 0.5) is 11.4 Å². The third kappa shape index (κ3) is 6.20. The Bertz CT molecular complexity index is 1370. The summed E-state index contributed by atoms with van der Waals surface area (Å²) in [6.07, 6.45) is 6.16. The van der Waals surface area contributed by atoms with Gasteiger partial charge in [-0.1, -0.05) is 42.5 Å². The number of benzene rings is 3. The second-order valence-electron chi connectivity index (χ2n) is 8.25. The molecule has 0 unspecified atom stereocenters. The SMILES string of the molecule is CS(=O)(=O)N(CCCC(=O)Nc1ccc(Cc2ccncc2)cc1)c1ccc2ccccc2c1. The van der Waals surface area contributed by atoms with Gasteiger partial charge in [-0.2, -0.15) is 0 Å². The Balaban J connectivity index is 1.33. The molecule has 1 N–H and O–H groups in total. The number of nitrogens with one attached hydrogen (secondary N) is 1. The molecule has 1 heterocycles. The second-order valence-corrected chi connectivity index (χ2v) is 10.2. The Kier molecular flexibility index (Phi) is 7.23. The van der Waals surface area contributed by atoms with Gasteiger partial charge in [0.05, 0.1) is 11.9 Å². The van der Waals surface area contributed by atoms with Gasteiger partial charge >= 0.3 is 0 Å². The minimum Gasteiger partial charge on any atom is -0.326 e. The summed E-state index contributed by atoms with van der Waals surface area (Å²) in [4.78, 5) is 16.5. The quantitative estimate of drug-likeness (QED) is 0.371. The minimum atomic E-state index is -3.48. The van der Waals surface area contributed by atoms with Crippen molar-refractivity contribution in [1.82, 2.24) is 4.98 Å². The Morgan fingerprint density at radius 3 is 2.26 bits per heavy atom. The second kappa shape index (κ2) is 10.5. The van der Waals surface area contributed by atoms with Crippen molar-refractivity contribution in [2.75, 3.05) is 22.4 Å². The van der Waals surface area contributed by atoms with Crippen molar-refractivity contribution in [3.8, 4) is 0 Å². The summed E-state index contributed by atoms with van der Waals surface area (Å²) in [5.41, 5.74) is 3.64. The Labute approximate surface area is 200 Å². The smallest absolute Gasteiger partial charge is 0.232 e. The van der Waals surface area contributed by atoms with Crippen LogP contribution < -0.4 is 9.62 Å². The lowest BCUT2D eigenvalue weighted by Crippen LogP contribution is -2.31. The van der Waals surface area contributed by atoms with Crippen LogP contribution in [0.15, 0.2) is 91.3 Å². The molecule has 6 nitrogen and oxygen atoms in total. The molecule has 3 aromatic carbocycles. The Hall–Kier alpha value is -3.71. The first-order chi connectivity index (χ1) is 16.4. The molecule has 0 saturated carbocycles. The van der Waals surface area contributed by atoms with Crippen molar-refractivity contribution < 1.29 is 13.2 Å². The molecule has 1 amide bonds. The van der Waals surface area contributed by atoms with Gasteiger partial charge in [-0.3, -0.25) is 14.1 Å². The van der Waals surface area contributed by atoms with Gasteiger partial charge in [0, 0.05) is 31.0 Å². The summed E-state index contributed by atoms with van der Waals surface area (Å²) in [5.74, 6) is -0.145. The average molecular weight is 474 g/mol. The fourth-order valence-electron chi connectivity index (χ4n) is 3.87. The van der Waals surface area contributed by atoms with Gasteiger partial charge in [0.2, 0.25) is 15.9 Å².